The number of halogens is 1. The Morgan fingerprint density at radius 1 is 1.62 bits per heavy atom. The summed E-state index contributed by atoms with van der Waals surface area (Å²) in [5, 5.41) is 15.6. The Morgan fingerprint density at radius 2 is 2.31 bits per heavy atom. The normalized spacial score (nSPS) is 9.56. The molecule has 0 aromatic heterocycles. The van der Waals surface area contributed by atoms with Crippen molar-refractivity contribution in [2.24, 2.45) is 4.99 Å². The molecular formula is C10H9FN2O3. The number of amidine groups is 1. The smallest absolute Gasteiger partial charge is 0.341 e. The van der Waals surface area contributed by atoms with Crippen molar-refractivity contribution >= 4 is 18.5 Å². The van der Waals surface area contributed by atoms with Gasteiger partial charge >= 0.3 is 5.97 Å². The minimum absolute atomic E-state index is 0.163. The molecule has 1 aromatic rings. The van der Waals surface area contributed by atoms with E-state index in [0.717, 1.165) is 6.07 Å². The van der Waals surface area contributed by atoms with Crippen molar-refractivity contribution in [3.63, 3.8) is 0 Å². The fraction of sp³-hybridized carbons (Fsp3) is 0.100. The van der Waals surface area contributed by atoms with Crippen LogP contribution in [-0.2, 0) is 4.79 Å². The molecule has 0 unspecified atom stereocenters. The number of rotatable bonds is 4. The highest BCUT2D eigenvalue weighted by Crippen LogP contribution is 2.18. The molecule has 6 heteroatoms. The molecule has 0 fully saturated rings. The number of hydrogen-bond acceptors (Lipinski definition) is 3. The number of aliphatic carboxylic acids is 1. The number of ether oxygens (including phenoxy) is 1. The number of benzene rings is 1. The Kier molecular flexibility index (Phi) is 3.71. The highest BCUT2D eigenvalue weighted by molar-refractivity contribution is 5.99. The zero-order valence-electron chi connectivity index (χ0n) is 8.24. The number of nitrogens with zero attached hydrogens (tertiary/aromatic N) is 1. The molecule has 0 radical (unpaired) electrons. The third-order valence-electron chi connectivity index (χ3n) is 1.71. The second-order valence-corrected chi connectivity index (χ2v) is 2.83. The van der Waals surface area contributed by atoms with Gasteiger partial charge < -0.3 is 9.84 Å². The van der Waals surface area contributed by atoms with Crippen LogP contribution in [-0.4, -0.2) is 30.2 Å². The van der Waals surface area contributed by atoms with E-state index in [9.17, 15) is 9.18 Å². The van der Waals surface area contributed by atoms with Crippen LogP contribution in [0.15, 0.2) is 23.2 Å². The maximum absolute atomic E-state index is 13.3. The van der Waals surface area contributed by atoms with E-state index in [1.54, 1.807) is 0 Å². The maximum Gasteiger partial charge on any atom is 0.341 e. The molecule has 0 saturated carbocycles. The highest BCUT2D eigenvalue weighted by Gasteiger charge is 2.08. The lowest BCUT2D eigenvalue weighted by atomic mass is 10.2. The van der Waals surface area contributed by atoms with E-state index in [4.69, 9.17) is 10.5 Å². The molecule has 0 aliphatic heterocycles. The summed E-state index contributed by atoms with van der Waals surface area (Å²) in [5.74, 6) is -2.28. The van der Waals surface area contributed by atoms with Crippen LogP contribution in [0.3, 0.4) is 0 Å². The minimum Gasteiger partial charge on any atom is -0.479 e. The van der Waals surface area contributed by atoms with Gasteiger partial charge in [0.25, 0.3) is 0 Å². The summed E-state index contributed by atoms with van der Waals surface area (Å²) in [7, 11) is 0. The fourth-order valence-electron chi connectivity index (χ4n) is 0.996. The van der Waals surface area contributed by atoms with Gasteiger partial charge in [0.1, 0.15) is 0 Å². The number of carboxylic acid groups (broad SMARTS) is 1. The Balaban J connectivity index is 2.87. The van der Waals surface area contributed by atoms with Crippen LogP contribution in [0.2, 0.25) is 0 Å². The summed E-state index contributed by atoms with van der Waals surface area (Å²) in [6.45, 7) is 2.53. The number of carboxylic acids is 1. The molecule has 1 aromatic carbocycles. The zero-order chi connectivity index (χ0) is 12.1. The number of hydrogen-bond donors (Lipinski definition) is 2. The quantitative estimate of drug-likeness (QED) is 0.597. The van der Waals surface area contributed by atoms with Crippen molar-refractivity contribution in [3.8, 4) is 5.75 Å². The standard InChI is InChI=1S/C10H9FN2O3/c1-13-10(12)6-2-3-8(7(11)4-6)16-5-9(14)15/h2-4,12H,1,5H2,(H,14,15). The first kappa shape index (κ1) is 11.8. The lowest BCUT2D eigenvalue weighted by Crippen LogP contribution is -2.10. The molecular weight excluding hydrogens is 215 g/mol. The van der Waals surface area contributed by atoms with Crippen LogP contribution in [0.25, 0.3) is 0 Å². The SMILES string of the molecule is C=NC(=N)c1ccc(OCC(=O)O)c(F)c1. The van der Waals surface area contributed by atoms with Gasteiger partial charge in [0.05, 0.1) is 0 Å². The van der Waals surface area contributed by atoms with E-state index in [0.29, 0.717) is 0 Å². The first-order valence-electron chi connectivity index (χ1n) is 4.24. The van der Waals surface area contributed by atoms with Gasteiger partial charge in [-0.05, 0) is 24.9 Å². The van der Waals surface area contributed by atoms with Gasteiger partial charge in [-0.1, -0.05) is 0 Å². The predicted octanol–water partition coefficient (Wildman–Crippen LogP) is 1.32. The minimum atomic E-state index is -1.19. The van der Waals surface area contributed by atoms with E-state index >= 15 is 0 Å². The van der Waals surface area contributed by atoms with Gasteiger partial charge in [-0.2, -0.15) is 0 Å². The first-order valence-corrected chi connectivity index (χ1v) is 4.24. The average Bonchev–Trinajstić information content (AvgIpc) is 2.26. The fourth-order valence-corrected chi connectivity index (χ4v) is 0.996. The molecule has 0 aliphatic carbocycles. The number of nitrogens with one attached hydrogen (secondary N) is 1. The molecule has 0 heterocycles. The van der Waals surface area contributed by atoms with Crippen molar-refractivity contribution in [3.05, 3.63) is 29.6 Å². The molecule has 0 atom stereocenters. The number of aliphatic imine (C=N–C) groups is 1. The molecule has 0 amide bonds. The predicted molar refractivity (Wildman–Crippen MR) is 55.9 cm³/mol. The monoisotopic (exact) mass is 224 g/mol. The largest absolute Gasteiger partial charge is 0.479 e. The number of carbonyl (C=O) groups is 1. The second-order valence-electron chi connectivity index (χ2n) is 2.83. The van der Waals surface area contributed by atoms with Crippen LogP contribution in [0.4, 0.5) is 4.39 Å². The molecule has 2 N–H and O–H groups in total. The van der Waals surface area contributed by atoms with Gasteiger partial charge in [0.2, 0.25) is 0 Å². The molecule has 0 saturated heterocycles. The van der Waals surface area contributed by atoms with E-state index in [2.05, 4.69) is 16.4 Å². The van der Waals surface area contributed by atoms with Gasteiger partial charge in [0, 0.05) is 5.56 Å². The van der Waals surface area contributed by atoms with Crippen LogP contribution in [0.5, 0.6) is 5.75 Å². The third kappa shape index (κ3) is 2.88. The van der Waals surface area contributed by atoms with Crippen LogP contribution in [0, 0.1) is 11.2 Å². The molecule has 5 nitrogen and oxygen atoms in total. The molecule has 16 heavy (non-hydrogen) atoms. The Bertz CT molecular complexity index is 446. The van der Waals surface area contributed by atoms with Crippen molar-refractivity contribution in [2.45, 2.75) is 0 Å². The van der Waals surface area contributed by atoms with E-state index < -0.39 is 18.4 Å². The maximum atomic E-state index is 13.3. The highest BCUT2D eigenvalue weighted by atomic mass is 19.1. The molecule has 0 aliphatic rings. The van der Waals surface area contributed by atoms with Crippen molar-refractivity contribution in [2.75, 3.05) is 6.61 Å². The van der Waals surface area contributed by atoms with Gasteiger partial charge in [-0.15, -0.1) is 0 Å². The lowest BCUT2D eigenvalue weighted by molar-refractivity contribution is -0.139. The first-order chi connectivity index (χ1) is 7.54. The Labute approximate surface area is 90.7 Å². The molecule has 1 rings (SSSR count). The van der Waals surface area contributed by atoms with Crippen LogP contribution in [0.1, 0.15) is 5.56 Å². The zero-order valence-corrected chi connectivity index (χ0v) is 8.24. The molecule has 0 bridgehead atoms. The Hall–Kier alpha value is -2.24. The summed E-state index contributed by atoms with van der Waals surface area (Å²) in [6.07, 6.45) is 0. The summed E-state index contributed by atoms with van der Waals surface area (Å²) in [6, 6.07) is 3.68. The third-order valence-corrected chi connectivity index (χ3v) is 1.71. The van der Waals surface area contributed by atoms with Gasteiger partial charge in [-0.3, -0.25) is 5.41 Å². The van der Waals surface area contributed by atoms with Crippen molar-refractivity contribution in [1.29, 1.82) is 5.41 Å². The van der Waals surface area contributed by atoms with Crippen LogP contribution >= 0.6 is 0 Å². The van der Waals surface area contributed by atoms with E-state index in [-0.39, 0.29) is 17.1 Å². The lowest BCUT2D eigenvalue weighted by Gasteiger charge is -2.05. The molecule has 0 spiro atoms. The second kappa shape index (κ2) is 5.01. The topological polar surface area (TPSA) is 82.7 Å². The summed E-state index contributed by atoms with van der Waals surface area (Å²) in [5.41, 5.74) is 0.246. The van der Waals surface area contributed by atoms with Crippen LogP contribution < -0.4 is 4.74 Å². The van der Waals surface area contributed by atoms with Gasteiger partial charge in [-0.25, -0.2) is 14.2 Å². The van der Waals surface area contributed by atoms with E-state index in [1.165, 1.54) is 12.1 Å². The summed E-state index contributed by atoms with van der Waals surface area (Å²) >= 11 is 0. The summed E-state index contributed by atoms with van der Waals surface area (Å²) < 4.78 is 18.0. The summed E-state index contributed by atoms with van der Waals surface area (Å²) in [4.78, 5) is 13.5. The molecule has 84 valence electrons. The Morgan fingerprint density at radius 3 is 2.81 bits per heavy atom. The van der Waals surface area contributed by atoms with Crippen molar-refractivity contribution < 1.29 is 19.0 Å². The van der Waals surface area contributed by atoms with E-state index in [1.807, 2.05) is 0 Å². The van der Waals surface area contributed by atoms with Gasteiger partial charge in [0.15, 0.2) is 24.0 Å². The average molecular weight is 224 g/mol. The van der Waals surface area contributed by atoms with Crippen molar-refractivity contribution in [1.82, 2.24) is 0 Å².